The number of anilines is 1. The predicted octanol–water partition coefficient (Wildman–Crippen LogP) is 4.27. The van der Waals surface area contributed by atoms with Gasteiger partial charge in [0.05, 0.1) is 24.9 Å². The summed E-state index contributed by atoms with van der Waals surface area (Å²) < 4.78 is 16.2. The molecule has 0 radical (unpaired) electrons. The van der Waals surface area contributed by atoms with Crippen molar-refractivity contribution in [3.63, 3.8) is 0 Å². The van der Waals surface area contributed by atoms with Crippen molar-refractivity contribution in [2.24, 2.45) is 5.41 Å². The number of piperidine rings is 1. The number of carbonyl (C=O) groups excluding carboxylic acids is 1. The smallest absolute Gasteiger partial charge is 0.345 e. The Hall–Kier alpha value is -2.54. The van der Waals surface area contributed by atoms with Gasteiger partial charge >= 0.3 is 5.97 Å². The summed E-state index contributed by atoms with van der Waals surface area (Å²) in [6.45, 7) is 4.07. The van der Waals surface area contributed by atoms with Gasteiger partial charge in [0.15, 0.2) is 0 Å². The highest BCUT2D eigenvalue weighted by atomic mass is 35.5. The van der Waals surface area contributed by atoms with E-state index in [-0.39, 0.29) is 24.7 Å². The number of hydrogen-bond donors (Lipinski definition) is 0. The molecule has 7 nitrogen and oxygen atoms in total. The van der Waals surface area contributed by atoms with E-state index in [1.807, 2.05) is 6.07 Å². The molecule has 1 spiro atoms. The zero-order valence-corrected chi connectivity index (χ0v) is 18.1. The average molecular weight is 432 g/mol. The number of carbonyl (C=O) groups is 1. The molecule has 1 aromatic heterocycles. The molecule has 0 atom stereocenters. The van der Waals surface area contributed by atoms with Crippen LogP contribution >= 0.6 is 11.6 Å². The molecule has 1 aromatic carbocycles. The van der Waals surface area contributed by atoms with Gasteiger partial charge in [0, 0.05) is 13.1 Å². The Morgan fingerprint density at radius 2 is 2.00 bits per heavy atom. The molecule has 2 aliphatic rings. The van der Waals surface area contributed by atoms with Gasteiger partial charge in [-0.25, -0.2) is 9.78 Å². The largest absolute Gasteiger partial charge is 0.495 e. The molecule has 0 N–H and O–H groups in total. The van der Waals surface area contributed by atoms with Gasteiger partial charge in [-0.15, -0.1) is 0 Å². The lowest BCUT2D eigenvalue weighted by molar-refractivity contribution is 0.0519. The molecule has 1 aliphatic carbocycles. The van der Waals surface area contributed by atoms with Gasteiger partial charge in [-0.2, -0.15) is 4.98 Å². The molecule has 0 amide bonds. The standard InChI is InChI=1S/C22H26ClN3O4/c1-3-29-20(27)16-13-24-21(26-10-8-22(6-7-22)9-11-26)25-19(16)30-14-15-4-5-18(28-2)17(23)12-15/h4-5,12-13H,3,6-11,14H2,1-2H3. The Bertz CT molecular complexity index is 923. The first kappa shape index (κ1) is 20.7. The van der Waals surface area contributed by atoms with E-state index < -0.39 is 5.97 Å². The number of halogens is 1. The summed E-state index contributed by atoms with van der Waals surface area (Å²) in [7, 11) is 1.57. The molecule has 0 unspecified atom stereocenters. The fourth-order valence-electron chi connectivity index (χ4n) is 3.78. The van der Waals surface area contributed by atoms with E-state index in [0.717, 1.165) is 31.5 Å². The number of rotatable bonds is 7. The number of aromatic nitrogens is 2. The Morgan fingerprint density at radius 1 is 1.23 bits per heavy atom. The molecule has 0 bridgehead atoms. The molecule has 1 saturated carbocycles. The van der Waals surface area contributed by atoms with Crippen LogP contribution in [0.2, 0.25) is 5.02 Å². The average Bonchev–Trinajstić information content (AvgIpc) is 3.51. The summed E-state index contributed by atoms with van der Waals surface area (Å²) in [6, 6.07) is 5.41. The zero-order valence-electron chi connectivity index (χ0n) is 17.3. The number of methoxy groups -OCH3 is 1. The summed E-state index contributed by atoms with van der Waals surface area (Å²) in [4.78, 5) is 23.5. The molecule has 2 heterocycles. The van der Waals surface area contributed by atoms with Crippen LogP contribution in [0.4, 0.5) is 5.95 Å². The van der Waals surface area contributed by atoms with Crippen molar-refractivity contribution >= 4 is 23.5 Å². The van der Waals surface area contributed by atoms with E-state index in [1.165, 1.54) is 19.0 Å². The van der Waals surface area contributed by atoms with Crippen LogP contribution in [0.25, 0.3) is 0 Å². The minimum absolute atomic E-state index is 0.204. The Balaban J connectivity index is 1.53. The van der Waals surface area contributed by atoms with Crippen molar-refractivity contribution in [2.75, 3.05) is 31.7 Å². The molecule has 4 rings (SSSR count). The van der Waals surface area contributed by atoms with Gasteiger partial charge in [-0.1, -0.05) is 17.7 Å². The highest BCUT2D eigenvalue weighted by molar-refractivity contribution is 6.32. The first-order valence-electron chi connectivity index (χ1n) is 10.3. The normalized spacial score (nSPS) is 17.0. The molecular formula is C22H26ClN3O4. The second kappa shape index (κ2) is 8.68. The maximum Gasteiger partial charge on any atom is 0.345 e. The number of hydrogen-bond acceptors (Lipinski definition) is 7. The molecule has 8 heteroatoms. The van der Waals surface area contributed by atoms with E-state index in [1.54, 1.807) is 26.2 Å². The third kappa shape index (κ3) is 4.46. The van der Waals surface area contributed by atoms with Crippen LogP contribution in [0.1, 0.15) is 48.5 Å². The van der Waals surface area contributed by atoms with Gasteiger partial charge in [-0.3, -0.25) is 0 Å². The first-order valence-corrected chi connectivity index (χ1v) is 10.7. The first-order chi connectivity index (χ1) is 14.5. The highest BCUT2D eigenvalue weighted by Crippen LogP contribution is 2.53. The second-order valence-corrected chi connectivity index (χ2v) is 8.26. The van der Waals surface area contributed by atoms with E-state index in [2.05, 4.69) is 14.9 Å². The molecule has 1 aliphatic heterocycles. The molecule has 30 heavy (non-hydrogen) atoms. The van der Waals surface area contributed by atoms with Crippen LogP contribution in [0, 0.1) is 5.41 Å². The maximum absolute atomic E-state index is 12.4. The number of nitrogens with zero attached hydrogens (tertiary/aromatic N) is 3. The van der Waals surface area contributed by atoms with Crippen LogP contribution in [0.5, 0.6) is 11.6 Å². The quantitative estimate of drug-likeness (QED) is 0.606. The van der Waals surface area contributed by atoms with Crippen LogP contribution in [0.3, 0.4) is 0 Å². The zero-order chi connectivity index (χ0) is 21.1. The summed E-state index contributed by atoms with van der Waals surface area (Å²) in [5.74, 6) is 0.899. The van der Waals surface area contributed by atoms with E-state index in [9.17, 15) is 4.79 Å². The Labute approximate surface area is 181 Å². The third-order valence-corrected chi connectivity index (χ3v) is 6.19. The van der Waals surface area contributed by atoms with Crippen LogP contribution in [0.15, 0.2) is 24.4 Å². The topological polar surface area (TPSA) is 73.8 Å². The second-order valence-electron chi connectivity index (χ2n) is 7.85. The lowest BCUT2D eigenvalue weighted by Gasteiger charge is -2.32. The molecule has 160 valence electrons. The number of ether oxygens (including phenoxy) is 3. The van der Waals surface area contributed by atoms with Crippen molar-refractivity contribution in [1.29, 1.82) is 0 Å². The predicted molar refractivity (Wildman–Crippen MR) is 113 cm³/mol. The number of esters is 1. The lowest BCUT2D eigenvalue weighted by atomic mass is 9.94. The molecular weight excluding hydrogens is 406 g/mol. The van der Waals surface area contributed by atoms with E-state index >= 15 is 0 Å². The fourth-order valence-corrected chi connectivity index (χ4v) is 4.06. The van der Waals surface area contributed by atoms with E-state index in [4.69, 9.17) is 25.8 Å². The Morgan fingerprint density at radius 3 is 2.63 bits per heavy atom. The molecule has 2 fully saturated rings. The van der Waals surface area contributed by atoms with Gasteiger partial charge in [0.2, 0.25) is 11.8 Å². The SMILES string of the molecule is CCOC(=O)c1cnc(N2CCC3(CC2)CC3)nc1OCc1ccc(OC)c(Cl)c1. The minimum atomic E-state index is -0.498. The van der Waals surface area contributed by atoms with Gasteiger partial charge in [0.1, 0.15) is 17.9 Å². The van der Waals surface area contributed by atoms with Crippen molar-refractivity contribution in [2.45, 2.75) is 39.2 Å². The summed E-state index contributed by atoms with van der Waals surface area (Å²) in [5.41, 5.74) is 1.62. The summed E-state index contributed by atoms with van der Waals surface area (Å²) in [5, 5.41) is 0.495. The number of benzene rings is 1. The van der Waals surface area contributed by atoms with Crippen LogP contribution in [-0.4, -0.2) is 42.7 Å². The van der Waals surface area contributed by atoms with E-state index in [0.29, 0.717) is 22.1 Å². The fraction of sp³-hybridized carbons (Fsp3) is 0.500. The maximum atomic E-state index is 12.4. The monoisotopic (exact) mass is 431 g/mol. The third-order valence-electron chi connectivity index (χ3n) is 5.89. The molecule has 1 saturated heterocycles. The van der Waals surface area contributed by atoms with Crippen LogP contribution in [-0.2, 0) is 11.3 Å². The lowest BCUT2D eigenvalue weighted by Crippen LogP contribution is -2.35. The van der Waals surface area contributed by atoms with Crippen LogP contribution < -0.4 is 14.4 Å². The summed E-state index contributed by atoms with van der Waals surface area (Å²) in [6.07, 6.45) is 6.50. The van der Waals surface area contributed by atoms with Gasteiger partial charge in [-0.05, 0) is 55.7 Å². The van der Waals surface area contributed by atoms with Crippen molar-refractivity contribution < 1.29 is 19.0 Å². The highest BCUT2D eigenvalue weighted by Gasteiger charge is 2.44. The van der Waals surface area contributed by atoms with Gasteiger partial charge in [0.25, 0.3) is 0 Å². The van der Waals surface area contributed by atoms with Crippen molar-refractivity contribution in [1.82, 2.24) is 9.97 Å². The Kier molecular flexibility index (Phi) is 5.99. The van der Waals surface area contributed by atoms with Crippen molar-refractivity contribution in [3.8, 4) is 11.6 Å². The minimum Gasteiger partial charge on any atom is -0.495 e. The molecule has 2 aromatic rings. The van der Waals surface area contributed by atoms with Gasteiger partial charge < -0.3 is 19.1 Å². The van der Waals surface area contributed by atoms with Crippen molar-refractivity contribution in [3.05, 3.63) is 40.5 Å². The summed E-state index contributed by atoms with van der Waals surface area (Å²) >= 11 is 6.20.